The van der Waals surface area contributed by atoms with Gasteiger partial charge in [0.1, 0.15) is 17.5 Å². The zero-order valence-electron chi connectivity index (χ0n) is 10.9. The van der Waals surface area contributed by atoms with Crippen molar-refractivity contribution in [3.05, 3.63) is 70.0 Å². The fourth-order valence-corrected chi connectivity index (χ4v) is 2.38. The lowest BCUT2D eigenvalue weighted by Crippen LogP contribution is -2.22. The number of nitrogens with two attached hydrogens (primary N) is 1. The van der Waals surface area contributed by atoms with Gasteiger partial charge in [0.2, 0.25) is 0 Å². The van der Waals surface area contributed by atoms with Crippen molar-refractivity contribution in [2.45, 2.75) is 12.0 Å². The molecular formula is C15H13ClF3NO. The highest BCUT2D eigenvalue weighted by Gasteiger charge is 2.27. The molecule has 0 aliphatic heterocycles. The highest BCUT2D eigenvalue weighted by Crippen LogP contribution is 2.34. The zero-order chi connectivity index (χ0) is 15.6. The monoisotopic (exact) mass is 315 g/mol. The van der Waals surface area contributed by atoms with Crippen LogP contribution in [0, 0.1) is 17.5 Å². The van der Waals surface area contributed by atoms with Crippen LogP contribution in [0.3, 0.4) is 0 Å². The first-order valence-corrected chi connectivity index (χ1v) is 6.60. The van der Waals surface area contributed by atoms with Crippen molar-refractivity contribution in [1.29, 1.82) is 0 Å². The fraction of sp³-hybridized carbons (Fsp3) is 0.200. The Morgan fingerprint density at radius 2 is 1.81 bits per heavy atom. The maximum absolute atomic E-state index is 13.9. The summed E-state index contributed by atoms with van der Waals surface area (Å²) in [5.41, 5.74) is 5.50. The van der Waals surface area contributed by atoms with E-state index in [1.807, 2.05) is 0 Å². The predicted molar refractivity (Wildman–Crippen MR) is 74.5 cm³/mol. The van der Waals surface area contributed by atoms with Crippen LogP contribution in [0.4, 0.5) is 13.2 Å². The molecule has 0 saturated heterocycles. The van der Waals surface area contributed by atoms with Crippen LogP contribution in [-0.4, -0.2) is 11.7 Å². The molecule has 0 amide bonds. The molecule has 0 spiro atoms. The minimum atomic E-state index is -1.39. The van der Waals surface area contributed by atoms with Gasteiger partial charge in [-0.05, 0) is 17.7 Å². The highest BCUT2D eigenvalue weighted by molar-refractivity contribution is 6.30. The van der Waals surface area contributed by atoms with Crippen molar-refractivity contribution in [3.63, 3.8) is 0 Å². The van der Waals surface area contributed by atoms with Crippen molar-refractivity contribution in [2.24, 2.45) is 5.73 Å². The van der Waals surface area contributed by atoms with E-state index in [-0.39, 0.29) is 22.7 Å². The lowest BCUT2D eigenvalue weighted by molar-refractivity contribution is 0.141. The Bertz CT molecular complexity index is 651. The van der Waals surface area contributed by atoms with Gasteiger partial charge in [-0.1, -0.05) is 29.8 Å². The van der Waals surface area contributed by atoms with E-state index in [2.05, 4.69) is 0 Å². The van der Waals surface area contributed by atoms with Crippen LogP contribution in [0.1, 0.15) is 23.1 Å². The van der Waals surface area contributed by atoms with E-state index in [1.54, 1.807) is 0 Å². The molecule has 0 heterocycles. The van der Waals surface area contributed by atoms with Gasteiger partial charge in [0.05, 0.1) is 11.1 Å². The molecule has 2 aromatic carbocycles. The first-order valence-electron chi connectivity index (χ1n) is 6.22. The summed E-state index contributed by atoms with van der Waals surface area (Å²) in [6.45, 7) is -0.143. The van der Waals surface area contributed by atoms with Crippen molar-refractivity contribution < 1.29 is 18.3 Å². The van der Waals surface area contributed by atoms with Gasteiger partial charge < -0.3 is 10.8 Å². The van der Waals surface area contributed by atoms with Crippen molar-refractivity contribution >= 4 is 11.6 Å². The van der Waals surface area contributed by atoms with Gasteiger partial charge in [-0.15, -0.1) is 0 Å². The van der Waals surface area contributed by atoms with Gasteiger partial charge in [0.15, 0.2) is 0 Å². The van der Waals surface area contributed by atoms with Gasteiger partial charge in [-0.25, -0.2) is 13.2 Å². The molecule has 2 unspecified atom stereocenters. The van der Waals surface area contributed by atoms with Crippen LogP contribution in [0.15, 0.2) is 36.4 Å². The molecule has 0 radical (unpaired) electrons. The molecule has 0 fully saturated rings. The minimum absolute atomic E-state index is 0.0192. The molecule has 2 aromatic rings. The standard InChI is InChI=1S/C15H13ClF3NO/c16-12-3-1-2-10(14(12)19)15(21)11(7-20)9-5-4-8(17)6-13(9)18/h1-6,11,15,21H,7,20H2. The van der Waals surface area contributed by atoms with Crippen LogP contribution in [0.5, 0.6) is 0 Å². The number of benzene rings is 2. The molecule has 2 atom stereocenters. The Hall–Kier alpha value is -1.56. The SMILES string of the molecule is NCC(c1ccc(F)cc1F)C(O)c1cccc(Cl)c1F. The number of hydrogen-bond donors (Lipinski definition) is 2. The predicted octanol–water partition coefficient (Wildman–Crippen LogP) is 3.53. The maximum Gasteiger partial charge on any atom is 0.147 e. The largest absolute Gasteiger partial charge is 0.388 e. The normalized spacial score (nSPS) is 14.0. The second-order valence-electron chi connectivity index (χ2n) is 4.60. The van der Waals surface area contributed by atoms with Crippen molar-refractivity contribution in [3.8, 4) is 0 Å². The molecule has 0 aliphatic carbocycles. The quantitative estimate of drug-likeness (QED) is 0.906. The Balaban J connectivity index is 2.43. The summed E-state index contributed by atoms with van der Waals surface area (Å²) in [5, 5.41) is 10.1. The first-order chi connectivity index (χ1) is 9.95. The molecule has 21 heavy (non-hydrogen) atoms. The van der Waals surface area contributed by atoms with Crippen LogP contribution in [-0.2, 0) is 0 Å². The molecule has 6 heteroatoms. The van der Waals surface area contributed by atoms with E-state index in [1.165, 1.54) is 24.3 Å². The Kier molecular flexibility index (Phi) is 4.88. The zero-order valence-corrected chi connectivity index (χ0v) is 11.6. The van der Waals surface area contributed by atoms with E-state index >= 15 is 0 Å². The average molecular weight is 316 g/mol. The Morgan fingerprint density at radius 3 is 2.43 bits per heavy atom. The third-order valence-corrected chi connectivity index (χ3v) is 3.59. The highest BCUT2D eigenvalue weighted by atomic mass is 35.5. The van der Waals surface area contributed by atoms with Gasteiger partial charge in [-0.2, -0.15) is 0 Å². The molecule has 3 N–H and O–H groups in total. The van der Waals surface area contributed by atoms with E-state index in [0.717, 1.165) is 6.07 Å². The summed E-state index contributed by atoms with van der Waals surface area (Å²) in [4.78, 5) is 0. The molecule has 0 saturated carbocycles. The number of rotatable bonds is 4. The van der Waals surface area contributed by atoms with Crippen LogP contribution >= 0.6 is 11.6 Å². The average Bonchev–Trinajstić information content (AvgIpc) is 2.44. The number of aliphatic hydroxyl groups is 1. The third-order valence-electron chi connectivity index (χ3n) is 3.30. The van der Waals surface area contributed by atoms with Crippen molar-refractivity contribution in [2.75, 3.05) is 6.54 Å². The van der Waals surface area contributed by atoms with E-state index < -0.39 is 29.5 Å². The van der Waals surface area contributed by atoms with E-state index in [9.17, 15) is 18.3 Å². The molecule has 0 aliphatic rings. The Labute approximate surface area is 125 Å². The van der Waals surface area contributed by atoms with Crippen LogP contribution in [0.25, 0.3) is 0 Å². The fourth-order valence-electron chi connectivity index (χ4n) is 2.19. The molecule has 0 bridgehead atoms. The van der Waals surface area contributed by atoms with E-state index in [0.29, 0.717) is 6.07 Å². The summed E-state index contributed by atoms with van der Waals surface area (Å²) < 4.78 is 40.7. The maximum atomic E-state index is 13.9. The smallest absolute Gasteiger partial charge is 0.147 e. The van der Waals surface area contributed by atoms with Gasteiger partial charge in [-0.3, -0.25) is 0 Å². The summed E-state index contributed by atoms with van der Waals surface area (Å²) >= 11 is 5.66. The molecular weight excluding hydrogens is 303 g/mol. The summed E-state index contributed by atoms with van der Waals surface area (Å²) in [7, 11) is 0. The lowest BCUT2D eigenvalue weighted by atomic mass is 9.88. The summed E-state index contributed by atoms with van der Waals surface area (Å²) in [6.07, 6.45) is -1.39. The third kappa shape index (κ3) is 3.20. The second-order valence-corrected chi connectivity index (χ2v) is 5.00. The van der Waals surface area contributed by atoms with Gasteiger partial charge in [0.25, 0.3) is 0 Å². The first kappa shape index (κ1) is 15.8. The second kappa shape index (κ2) is 6.47. The summed E-state index contributed by atoms with van der Waals surface area (Å²) in [6, 6.07) is 7.09. The van der Waals surface area contributed by atoms with Crippen LogP contribution < -0.4 is 5.73 Å². The van der Waals surface area contributed by atoms with Gasteiger partial charge >= 0.3 is 0 Å². The van der Waals surface area contributed by atoms with Crippen LogP contribution in [0.2, 0.25) is 5.02 Å². The molecule has 0 aromatic heterocycles. The number of hydrogen-bond acceptors (Lipinski definition) is 2. The number of halogens is 4. The van der Waals surface area contributed by atoms with E-state index in [4.69, 9.17) is 17.3 Å². The Morgan fingerprint density at radius 1 is 1.10 bits per heavy atom. The topological polar surface area (TPSA) is 46.2 Å². The minimum Gasteiger partial charge on any atom is -0.388 e. The van der Waals surface area contributed by atoms with Gasteiger partial charge in [0, 0.05) is 24.1 Å². The number of aliphatic hydroxyl groups excluding tert-OH is 1. The molecule has 2 nitrogen and oxygen atoms in total. The molecule has 2 rings (SSSR count). The summed E-state index contributed by atoms with van der Waals surface area (Å²) in [5.74, 6) is -3.28. The molecule has 112 valence electrons. The lowest BCUT2D eigenvalue weighted by Gasteiger charge is -2.23. The van der Waals surface area contributed by atoms with Crippen molar-refractivity contribution in [1.82, 2.24) is 0 Å².